The lowest BCUT2D eigenvalue weighted by Crippen LogP contribution is -2.09. The van der Waals surface area contributed by atoms with Gasteiger partial charge in [-0.3, -0.25) is 9.59 Å². The van der Waals surface area contributed by atoms with Crippen molar-refractivity contribution >= 4 is 17.6 Å². The van der Waals surface area contributed by atoms with Gasteiger partial charge in [0.15, 0.2) is 11.6 Å². The lowest BCUT2D eigenvalue weighted by Gasteiger charge is -2.10. The van der Waals surface area contributed by atoms with Crippen LogP contribution < -0.4 is 10.1 Å². The van der Waals surface area contributed by atoms with Crippen LogP contribution in [0.1, 0.15) is 19.4 Å². The second-order valence-electron chi connectivity index (χ2n) is 3.33. The molecule has 1 amide bonds. The third-order valence-corrected chi connectivity index (χ3v) is 1.92. The molecule has 1 aromatic carbocycles. The lowest BCUT2D eigenvalue weighted by molar-refractivity contribution is -0.132. The summed E-state index contributed by atoms with van der Waals surface area (Å²) in [7, 11) is 0. The monoisotopic (exact) mass is 225 g/mol. The molecule has 1 rings (SSSR count). The fourth-order valence-electron chi connectivity index (χ4n) is 1.22. The molecule has 0 radical (unpaired) electrons. The van der Waals surface area contributed by atoms with E-state index in [1.807, 2.05) is 0 Å². The molecule has 0 aliphatic carbocycles. The van der Waals surface area contributed by atoms with E-state index < -0.39 is 11.8 Å². The van der Waals surface area contributed by atoms with Crippen molar-refractivity contribution < 1.29 is 18.7 Å². The van der Waals surface area contributed by atoms with Crippen molar-refractivity contribution in [2.45, 2.75) is 20.8 Å². The Hall–Kier alpha value is -1.91. The number of esters is 1. The van der Waals surface area contributed by atoms with Gasteiger partial charge in [-0.2, -0.15) is 0 Å². The number of anilines is 1. The minimum absolute atomic E-state index is 0.140. The average molecular weight is 225 g/mol. The Balaban J connectivity index is 3.07. The number of hydrogen-bond acceptors (Lipinski definition) is 3. The van der Waals surface area contributed by atoms with E-state index in [0.29, 0.717) is 5.69 Å². The van der Waals surface area contributed by atoms with Crippen molar-refractivity contribution in [3.8, 4) is 5.75 Å². The summed E-state index contributed by atoms with van der Waals surface area (Å²) < 4.78 is 18.3. The number of carbonyl (C=O) groups is 2. The van der Waals surface area contributed by atoms with E-state index in [1.165, 1.54) is 32.9 Å². The summed E-state index contributed by atoms with van der Waals surface area (Å²) in [5.41, 5.74) is 0.592. The zero-order valence-electron chi connectivity index (χ0n) is 9.26. The highest BCUT2D eigenvalue weighted by Crippen LogP contribution is 2.26. The van der Waals surface area contributed by atoms with Crippen LogP contribution in [0.15, 0.2) is 12.1 Å². The number of hydrogen-bond donors (Lipinski definition) is 1. The molecule has 0 spiro atoms. The maximum atomic E-state index is 13.6. The normalized spacial score (nSPS) is 9.75. The van der Waals surface area contributed by atoms with E-state index in [4.69, 9.17) is 0 Å². The molecule has 1 N–H and O–H groups in total. The van der Waals surface area contributed by atoms with Gasteiger partial charge in [-0.1, -0.05) is 0 Å². The molecule has 86 valence electrons. The van der Waals surface area contributed by atoms with Crippen molar-refractivity contribution in [2.24, 2.45) is 0 Å². The number of halogens is 1. The quantitative estimate of drug-likeness (QED) is 0.618. The molecule has 0 aliphatic heterocycles. The molecule has 0 fully saturated rings. The van der Waals surface area contributed by atoms with Crippen LogP contribution in [-0.4, -0.2) is 11.9 Å². The molecule has 0 bridgehead atoms. The highest BCUT2D eigenvalue weighted by molar-refractivity contribution is 5.89. The molecular weight excluding hydrogens is 213 g/mol. The molecule has 0 unspecified atom stereocenters. The Bertz CT molecular complexity index is 402. The van der Waals surface area contributed by atoms with Crippen LogP contribution in [0.25, 0.3) is 0 Å². The van der Waals surface area contributed by atoms with Gasteiger partial charge in [0.05, 0.1) is 0 Å². The SMILES string of the molecule is CC(=O)Nc1ccc(OC(C)=O)c(F)c1C. The van der Waals surface area contributed by atoms with Crippen molar-refractivity contribution in [2.75, 3.05) is 5.32 Å². The Kier molecular flexibility index (Phi) is 3.60. The number of ether oxygens (including phenoxy) is 1. The number of benzene rings is 1. The fourth-order valence-corrected chi connectivity index (χ4v) is 1.22. The summed E-state index contributed by atoms with van der Waals surface area (Å²) >= 11 is 0. The number of amides is 1. The van der Waals surface area contributed by atoms with Crippen molar-refractivity contribution in [1.82, 2.24) is 0 Å². The summed E-state index contributed by atoms with van der Waals surface area (Å²) in [6.45, 7) is 4.02. The van der Waals surface area contributed by atoms with E-state index in [1.54, 1.807) is 0 Å². The zero-order valence-corrected chi connectivity index (χ0v) is 9.26. The molecule has 0 aliphatic rings. The van der Waals surface area contributed by atoms with Gasteiger partial charge >= 0.3 is 5.97 Å². The molecule has 0 saturated heterocycles. The van der Waals surface area contributed by atoms with Crippen LogP contribution in [0.5, 0.6) is 5.75 Å². The average Bonchev–Trinajstić information content (AvgIpc) is 2.16. The second kappa shape index (κ2) is 4.74. The minimum atomic E-state index is -0.651. The minimum Gasteiger partial charge on any atom is -0.424 e. The van der Waals surface area contributed by atoms with Gasteiger partial charge in [-0.15, -0.1) is 0 Å². The molecule has 5 heteroatoms. The van der Waals surface area contributed by atoms with Crippen molar-refractivity contribution in [3.63, 3.8) is 0 Å². The molecule has 4 nitrogen and oxygen atoms in total. The third kappa shape index (κ3) is 2.79. The Morgan fingerprint density at radius 2 is 1.94 bits per heavy atom. The van der Waals surface area contributed by atoms with Crippen LogP contribution in [0.4, 0.5) is 10.1 Å². The highest BCUT2D eigenvalue weighted by atomic mass is 19.1. The summed E-state index contributed by atoms with van der Waals surface area (Å²) in [6.07, 6.45) is 0. The second-order valence-corrected chi connectivity index (χ2v) is 3.33. The van der Waals surface area contributed by atoms with Gasteiger partial charge in [-0.05, 0) is 19.1 Å². The number of nitrogens with one attached hydrogen (secondary N) is 1. The Morgan fingerprint density at radius 1 is 1.31 bits per heavy atom. The lowest BCUT2D eigenvalue weighted by atomic mass is 10.1. The van der Waals surface area contributed by atoms with E-state index in [-0.39, 0.29) is 17.2 Å². The first-order chi connectivity index (χ1) is 7.41. The fraction of sp³-hybridized carbons (Fsp3) is 0.273. The van der Waals surface area contributed by atoms with Gasteiger partial charge in [-0.25, -0.2) is 4.39 Å². The molecule has 1 aromatic rings. The Labute approximate surface area is 92.4 Å². The molecule has 16 heavy (non-hydrogen) atoms. The van der Waals surface area contributed by atoms with Crippen LogP contribution in [0.2, 0.25) is 0 Å². The first kappa shape index (κ1) is 12.2. The van der Waals surface area contributed by atoms with E-state index in [2.05, 4.69) is 10.1 Å². The highest BCUT2D eigenvalue weighted by Gasteiger charge is 2.12. The summed E-state index contributed by atoms with van der Waals surface area (Å²) in [5, 5.41) is 2.48. The summed E-state index contributed by atoms with van der Waals surface area (Å²) in [6, 6.07) is 2.78. The number of rotatable bonds is 2. The first-order valence-corrected chi connectivity index (χ1v) is 4.67. The van der Waals surface area contributed by atoms with Crippen LogP contribution >= 0.6 is 0 Å². The van der Waals surface area contributed by atoms with Gasteiger partial charge in [0, 0.05) is 25.1 Å². The van der Waals surface area contributed by atoms with Gasteiger partial charge in [0.1, 0.15) is 0 Å². The Morgan fingerprint density at radius 3 is 2.44 bits per heavy atom. The summed E-state index contributed by atoms with van der Waals surface area (Å²) in [4.78, 5) is 21.5. The van der Waals surface area contributed by atoms with Crippen LogP contribution in [-0.2, 0) is 9.59 Å². The smallest absolute Gasteiger partial charge is 0.308 e. The van der Waals surface area contributed by atoms with Gasteiger partial charge < -0.3 is 10.1 Å². The van der Waals surface area contributed by atoms with E-state index in [0.717, 1.165) is 0 Å². The molecule has 0 heterocycles. The van der Waals surface area contributed by atoms with E-state index >= 15 is 0 Å². The van der Waals surface area contributed by atoms with Gasteiger partial charge in [0.2, 0.25) is 5.91 Å². The predicted octanol–water partition coefficient (Wildman–Crippen LogP) is 2.02. The standard InChI is InChI=1S/C11H12FNO3/c1-6-9(13-7(2)14)4-5-10(11(6)12)16-8(3)15/h4-5H,1-3H3,(H,13,14). The molecular formula is C11H12FNO3. The maximum Gasteiger partial charge on any atom is 0.308 e. The third-order valence-electron chi connectivity index (χ3n) is 1.92. The molecule has 0 aromatic heterocycles. The maximum absolute atomic E-state index is 13.6. The predicted molar refractivity (Wildman–Crippen MR) is 56.7 cm³/mol. The first-order valence-electron chi connectivity index (χ1n) is 4.67. The number of carbonyl (C=O) groups excluding carboxylic acids is 2. The molecule has 0 saturated carbocycles. The molecule has 0 atom stereocenters. The van der Waals surface area contributed by atoms with Crippen molar-refractivity contribution in [1.29, 1.82) is 0 Å². The van der Waals surface area contributed by atoms with Crippen molar-refractivity contribution in [3.05, 3.63) is 23.5 Å². The van der Waals surface area contributed by atoms with Crippen LogP contribution in [0.3, 0.4) is 0 Å². The van der Waals surface area contributed by atoms with Gasteiger partial charge in [0.25, 0.3) is 0 Å². The topological polar surface area (TPSA) is 55.4 Å². The summed E-state index contributed by atoms with van der Waals surface area (Å²) in [5.74, 6) is -1.67. The largest absolute Gasteiger partial charge is 0.424 e. The van der Waals surface area contributed by atoms with E-state index in [9.17, 15) is 14.0 Å². The van der Waals surface area contributed by atoms with Crippen LogP contribution in [0, 0.1) is 12.7 Å². The zero-order chi connectivity index (χ0) is 12.3.